The van der Waals surface area contributed by atoms with E-state index in [0.29, 0.717) is 11.6 Å². The normalized spacial score (nSPS) is 11.4. The summed E-state index contributed by atoms with van der Waals surface area (Å²) in [7, 11) is 0. The van der Waals surface area contributed by atoms with Gasteiger partial charge in [0.15, 0.2) is 5.57 Å². The Bertz CT molecular complexity index is 242. The molecule has 0 aromatic rings. The van der Waals surface area contributed by atoms with Gasteiger partial charge in [0.05, 0.1) is 5.03 Å². The van der Waals surface area contributed by atoms with Crippen LogP contribution in [0.25, 0.3) is 0 Å². The van der Waals surface area contributed by atoms with Crippen molar-refractivity contribution in [1.82, 2.24) is 5.32 Å². The fourth-order valence-electron chi connectivity index (χ4n) is 0.619. The summed E-state index contributed by atoms with van der Waals surface area (Å²) in [5.41, 5.74) is -0.232. The minimum absolute atomic E-state index is 0.232. The van der Waals surface area contributed by atoms with Crippen LogP contribution in [0, 0.1) is 11.3 Å². The first kappa shape index (κ1) is 10.8. The van der Waals surface area contributed by atoms with Gasteiger partial charge in [0.2, 0.25) is 0 Å². The van der Waals surface area contributed by atoms with Crippen LogP contribution in [0.2, 0.25) is 0 Å². The molecule has 0 rings (SSSR count). The van der Waals surface area contributed by atoms with E-state index in [0.717, 1.165) is 0 Å². The molecule has 0 amide bonds. The molecule has 0 aromatic heterocycles. The van der Waals surface area contributed by atoms with Crippen molar-refractivity contribution in [3.05, 3.63) is 10.6 Å². The molecular weight excluding hydrogens is 176 g/mol. The van der Waals surface area contributed by atoms with Crippen LogP contribution in [0.4, 0.5) is 0 Å². The largest absolute Gasteiger partial charge is 0.477 e. The van der Waals surface area contributed by atoms with Crippen LogP contribution in [-0.4, -0.2) is 23.9 Å². The second-order valence-electron chi connectivity index (χ2n) is 1.86. The Labute approximate surface area is 75.3 Å². The second-order valence-corrected chi connectivity index (χ2v) is 2.67. The third kappa shape index (κ3) is 2.84. The zero-order valence-electron chi connectivity index (χ0n) is 6.92. The van der Waals surface area contributed by atoms with Crippen molar-refractivity contribution in [2.24, 2.45) is 0 Å². The zero-order valence-corrected chi connectivity index (χ0v) is 7.73. The Balaban J connectivity index is 4.77. The quantitative estimate of drug-likeness (QED) is 0.501. The van der Waals surface area contributed by atoms with E-state index in [1.807, 2.05) is 6.92 Å². The summed E-state index contributed by atoms with van der Waals surface area (Å²) in [5, 5.41) is 20.3. The summed E-state index contributed by atoms with van der Waals surface area (Å²) in [6.45, 7) is 2.45. The van der Waals surface area contributed by atoms with Gasteiger partial charge in [-0.25, -0.2) is 4.79 Å². The van der Waals surface area contributed by atoms with E-state index in [1.165, 1.54) is 11.8 Å². The van der Waals surface area contributed by atoms with E-state index in [1.54, 1.807) is 12.3 Å². The highest BCUT2D eigenvalue weighted by atomic mass is 32.2. The van der Waals surface area contributed by atoms with E-state index in [4.69, 9.17) is 10.4 Å². The molecule has 2 N–H and O–H groups in total. The third-order valence-electron chi connectivity index (χ3n) is 1.09. The number of aliphatic carboxylic acids is 1. The van der Waals surface area contributed by atoms with Gasteiger partial charge in [-0.3, -0.25) is 0 Å². The highest BCUT2D eigenvalue weighted by molar-refractivity contribution is 8.02. The van der Waals surface area contributed by atoms with Gasteiger partial charge in [0.25, 0.3) is 0 Å². The molecule has 0 aliphatic rings. The predicted molar refractivity (Wildman–Crippen MR) is 47.5 cm³/mol. The third-order valence-corrected chi connectivity index (χ3v) is 1.85. The van der Waals surface area contributed by atoms with Gasteiger partial charge in [0.1, 0.15) is 6.07 Å². The zero-order chi connectivity index (χ0) is 9.56. The van der Waals surface area contributed by atoms with Gasteiger partial charge >= 0.3 is 5.97 Å². The molecule has 4 nitrogen and oxygen atoms in total. The molecule has 0 fully saturated rings. The van der Waals surface area contributed by atoms with Crippen molar-refractivity contribution in [1.29, 1.82) is 5.26 Å². The SMILES string of the molecule is CCNC(SC)=C(C#N)C(=O)O. The summed E-state index contributed by atoms with van der Waals surface area (Å²) >= 11 is 1.22. The molecule has 5 heteroatoms. The van der Waals surface area contributed by atoms with E-state index in [2.05, 4.69) is 5.32 Å². The molecule has 0 radical (unpaired) electrons. The molecule has 0 bridgehead atoms. The number of rotatable bonds is 4. The number of hydrogen-bond donors (Lipinski definition) is 2. The van der Waals surface area contributed by atoms with E-state index in [9.17, 15) is 4.79 Å². The minimum atomic E-state index is -1.19. The number of thioether (sulfide) groups is 1. The van der Waals surface area contributed by atoms with E-state index < -0.39 is 5.97 Å². The van der Waals surface area contributed by atoms with Crippen LogP contribution in [0.5, 0.6) is 0 Å². The monoisotopic (exact) mass is 186 g/mol. The van der Waals surface area contributed by atoms with Gasteiger partial charge in [-0.1, -0.05) is 0 Å². The van der Waals surface area contributed by atoms with Crippen LogP contribution in [0.15, 0.2) is 10.6 Å². The Hall–Kier alpha value is -1.15. The maximum Gasteiger partial charge on any atom is 0.349 e. The van der Waals surface area contributed by atoms with Gasteiger partial charge in [-0.2, -0.15) is 5.26 Å². The molecule has 0 aromatic carbocycles. The summed E-state index contributed by atoms with van der Waals surface area (Å²) in [6, 6.07) is 1.63. The maximum atomic E-state index is 10.5. The van der Waals surface area contributed by atoms with Crippen LogP contribution >= 0.6 is 11.8 Å². The molecule has 0 aliphatic heterocycles. The molecule has 0 saturated carbocycles. The topological polar surface area (TPSA) is 73.1 Å². The van der Waals surface area contributed by atoms with Crippen molar-refractivity contribution in [2.75, 3.05) is 12.8 Å². The lowest BCUT2D eigenvalue weighted by atomic mass is 10.3. The van der Waals surface area contributed by atoms with Crippen LogP contribution < -0.4 is 5.32 Å². The average Bonchev–Trinajstić information content (AvgIpc) is 2.03. The first-order valence-electron chi connectivity index (χ1n) is 3.32. The molecule has 12 heavy (non-hydrogen) atoms. The number of nitrogens with one attached hydrogen (secondary N) is 1. The first-order valence-corrected chi connectivity index (χ1v) is 4.55. The van der Waals surface area contributed by atoms with Gasteiger partial charge < -0.3 is 10.4 Å². The van der Waals surface area contributed by atoms with Gasteiger partial charge in [-0.15, -0.1) is 11.8 Å². The Kier molecular flexibility index (Phi) is 4.97. The van der Waals surface area contributed by atoms with Crippen LogP contribution in [0.3, 0.4) is 0 Å². The van der Waals surface area contributed by atoms with Crippen molar-refractivity contribution < 1.29 is 9.90 Å². The number of hydrogen-bond acceptors (Lipinski definition) is 4. The summed E-state index contributed by atoms with van der Waals surface area (Å²) < 4.78 is 0. The Morgan fingerprint density at radius 1 is 1.75 bits per heavy atom. The highest BCUT2D eigenvalue weighted by Crippen LogP contribution is 2.12. The average molecular weight is 186 g/mol. The second kappa shape index (κ2) is 5.49. The smallest absolute Gasteiger partial charge is 0.349 e. The fraction of sp³-hybridized carbons (Fsp3) is 0.429. The summed E-state index contributed by atoms with van der Waals surface area (Å²) in [6.07, 6.45) is 1.72. The highest BCUT2D eigenvalue weighted by Gasteiger charge is 2.12. The number of carboxylic acid groups (broad SMARTS) is 1. The Morgan fingerprint density at radius 2 is 2.33 bits per heavy atom. The van der Waals surface area contributed by atoms with Crippen molar-refractivity contribution >= 4 is 17.7 Å². The van der Waals surface area contributed by atoms with Crippen LogP contribution in [0.1, 0.15) is 6.92 Å². The fourth-order valence-corrected chi connectivity index (χ4v) is 1.24. The van der Waals surface area contributed by atoms with Gasteiger partial charge in [0, 0.05) is 6.54 Å². The molecule has 66 valence electrons. The number of carboxylic acids is 1. The van der Waals surface area contributed by atoms with E-state index >= 15 is 0 Å². The molecular formula is C7H10N2O2S. The molecule has 0 atom stereocenters. The predicted octanol–water partition coefficient (Wildman–Crippen LogP) is 0.779. The van der Waals surface area contributed by atoms with Crippen molar-refractivity contribution in [3.8, 4) is 6.07 Å². The molecule has 0 unspecified atom stereocenters. The summed E-state index contributed by atoms with van der Waals surface area (Å²) in [4.78, 5) is 10.5. The van der Waals surface area contributed by atoms with Crippen LogP contribution in [-0.2, 0) is 4.79 Å². The first-order chi connectivity index (χ1) is 5.67. The Morgan fingerprint density at radius 3 is 2.58 bits per heavy atom. The number of nitriles is 1. The molecule has 0 heterocycles. The minimum Gasteiger partial charge on any atom is -0.477 e. The van der Waals surface area contributed by atoms with Gasteiger partial charge in [-0.05, 0) is 13.2 Å². The van der Waals surface area contributed by atoms with Crippen molar-refractivity contribution in [2.45, 2.75) is 6.92 Å². The maximum absolute atomic E-state index is 10.5. The molecule has 0 saturated heterocycles. The lowest BCUT2D eigenvalue weighted by Crippen LogP contribution is -2.15. The standard InChI is InChI=1S/C7H10N2O2S/c1-3-9-6(12-2)5(4-8)7(10)11/h9H,3H2,1-2H3,(H,10,11). The number of carbonyl (C=O) groups is 1. The number of nitrogens with zero attached hydrogens (tertiary/aromatic N) is 1. The lowest BCUT2D eigenvalue weighted by Gasteiger charge is -2.05. The van der Waals surface area contributed by atoms with E-state index in [-0.39, 0.29) is 5.57 Å². The molecule has 0 spiro atoms. The lowest BCUT2D eigenvalue weighted by molar-refractivity contribution is -0.132. The van der Waals surface area contributed by atoms with Crippen molar-refractivity contribution in [3.63, 3.8) is 0 Å². The molecule has 0 aliphatic carbocycles. The summed E-state index contributed by atoms with van der Waals surface area (Å²) in [5.74, 6) is -1.19.